The average Bonchev–Trinajstić information content (AvgIpc) is 2.92. The summed E-state index contributed by atoms with van der Waals surface area (Å²) in [5, 5.41) is 24.0. The van der Waals surface area contributed by atoms with Crippen molar-refractivity contribution in [3.63, 3.8) is 0 Å². The number of aliphatic hydroxyl groups is 1. The molecule has 7 heteroatoms. The number of phenolic OH excluding ortho intramolecular Hbond substituents is 1. The van der Waals surface area contributed by atoms with Crippen LogP contribution in [0.4, 0.5) is 4.79 Å². The van der Waals surface area contributed by atoms with Crippen molar-refractivity contribution in [1.82, 2.24) is 10.6 Å². The van der Waals surface area contributed by atoms with Crippen LogP contribution in [0, 0.1) is 0 Å². The van der Waals surface area contributed by atoms with Crippen molar-refractivity contribution in [3.05, 3.63) is 51.2 Å². The van der Waals surface area contributed by atoms with Gasteiger partial charge in [0.1, 0.15) is 5.75 Å². The lowest BCUT2D eigenvalue weighted by Gasteiger charge is -2.17. The van der Waals surface area contributed by atoms with Gasteiger partial charge in [-0.3, -0.25) is 0 Å². The second kappa shape index (κ2) is 8.03. The van der Waals surface area contributed by atoms with Crippen LogP contribution in [0.1, 0.15) is 10.4 Å². The summed E-state index contributed by atoms with van der Waals surface area (Å²) in [6.07, 6.45) is 0.481. The third kappa shape index (κ3) is 5.22. The van der Waals surface area contributed by atoms with Crippen LogP contribution in [0.2, 0.25) is 4.34 Å². The van der Waals surface area contributed by atoms with E-state index in [1.54, 1.807) is 30.3 Å². The molecule has 1 atom stereocenters. The lowest BCUT2D eigenvalue weighted by molar-refractivity contribution is 0.215. The number of rotatable bonds is 6. The topological polar surface area (TPSA) is 81.6 Å². The van der Waals surface area contributed by atoms with Crippen molar-refractivity contribution in [1.29, 1.82) is 0 Å². The molecule has 0 spiro atoms. The Morgan fingerprint density at radius 1 is 1.23 bits per heavy atom. The summed E-state index contributed by atoms with van der Waals surface area (Å²) in [6.45, 7) is 0.222. The zero-order valence-electron chi connectivity index (χ0n) is 11.8. The summed E-state index contributed by atoms with van der Waals surface area (Å²) in [7, 11) is 0. The normalized spacial score (nSPS) is 11.9. The maximum atomic E-state index is 11.8. The van der Waals surface area contributed by atoms with Gasteiger partial charge in [-0.2, -0.15) is 0 Å². The molecule has 2 amide bonds. The maximum Gasteiger partial charge on any atom is 0.315 e. The van der Waals surface area contributed by atoms with Crippen LogP contribution in [0.5, 0.6) is 5.75 Å². The van der Waals surface area contributed by atoms with Gasteiger partial charge in [-0.1, -0.05) is 23.7 Å². The molecule has 0 unspecified atom stereocenters. The molecule has 0 bridgehead atoms. The molecule has 1 aromatic carbocycles. The number of aliphatic hydroxyl groups excluding tert-OH is 1. The van der Waals surface area contributed by atoms with E-state index < -0.39 is 6.04 Å². The molecule has 0 aliphatic rings. The summed E-state index contributed by atoms with van der Waals surface area (Å²) in [5.41, 5.74) is 0.919. The molecule has 2 aromatic rings. The zero-order chi connectivity index (χ0) is 15.9. The van der Waals surface area contributed by atoms with Crippen LogP contribution in [-0.4, -0.2) is 28.9 Å². The number of phenols is 1. The monoisotopic (exact) mass is 340 g/mol. The van der Waals surface area contributed by atoms with Crippen molar-refractivity contribution >= 4 is 29.0 Å². The van der Waals surface area contributed by atoms with Crippen molar-refractivity contribution in [2.45, 2.75) is 19.0 Å². The fourth-order valence-corrected chi connectivity index (χ4v) is 2.96. The quantitative estimate of drug-likeness (QED) is 0.652. The number of carbonyl (C=O) groups excluding carboxylic acids is 1. The maximum absolute atomic E-state index is 11.8. The highest BCUT2D eigenvalue weighted by atomic mass is 35.5. The number of aromatic hydroxyl groups is 1. The SMILES string of the molecule is O=C(NCc1ccc(Cl)s1)N[C@H](CO)Cc1ccc(O)cc1. The van der Waals surface area contributed by atoms with Gasteiger partial charge in [-0.05, 0) is 36.2 Å². The lowest BCUT2D eigenvalue weighted by Crippen LogP contribution is -2.44. The number of benzene rings is 1. The first-order valence-electron chi connectivity index (χ1n) is 6.74. The highest BCUT2D eigenvalue weighted by Crippen LogP contribution is 2.20. The molecule has 2 rings (SSSR count). The Bertz CT molecular complexity index is 616. The van der Waals surface area contributed by atoms with Crippen LogP contribution in [0.3, 0.4) is 0 Å². The van der Waals surface area contributed by atoms with E-state index in [1.807, 2.05) is 6.07 Å². The van der Waals surface area contributed by atoms with Crippen LogP contribution >= 0.6 is 22.9 Å². The van der Waals surface area contributed by atoms with Crippen LogP contribution < -0.4 is 10.6 Å². The fourth-order valence-electron chi connectivity index (χ4n) is 1.93. The Hall–Kier alpha value is -1.76. The summed E-state index contributed by atoms with van der Waals surface area (Å²) in [4.78, 5) is 12.8. The molecular weight excluding hydrogens is 324 g/mol. The van der Waals surface area contributed by atoms with E-state index in [1.165, 1.54) is 11.3 Å². The fraction of sp³-hybridized carbons (Fsp3) is 0.267. The van der Waals surface area contributed by atoms with Crippen molar-refractivity contribution in [3.8, 4) is 5.75 Å². The summed E-state index contributed by atoms with van der Waals surface area (Å²) >= 11 is 7.23. The number of nitrogens with one attached hydrogen (secondary N) is 2. The molecule has 1 heterocycles. The molecular formula is C15H17ClN2O3S. The number of hydrogen-bond acceptors (Lipinski definition) is 4. The highest BCUT2D eigenvalue weighted by molar-refractivity contribution is 7.16. The number of hydrogen-bond donors (Lipinski definition) is 4. The van der Waals surface area contributed by atoms with Crippen molar-refractivity contribution in [2.24, 2.45) is 0 Å². The smallest absolute Gasteiger partial charge is 0.315 e. The van der Waals surface area contributed by atoms with Crippen LogP contribution in [0.25, 0.3) is 0 Å². The molecule has 5 nitrogen and oxygen atoms in total. The molecule has 0 fully saturated rings. The molecule has 1 aromatic heterocycles. The van der Waals surface area contributed by atoms with Gasteiger partial charge < -0.3 is 20.8 Å². The Kier molecular flexibility index (Phi) is 6.06. The summed E-state index contributed by atoms with van der Waals surface area (Å²) < 4.78 is 0.678. The molecule has 4 N–H and O–H groups in total. The van der Waals surface area contributed by atoms with Gasteiger partial charge >= 0.3 is 6.03 Å². The minimum atomic E-state index is -0.392. The Balaban J connectivity index is 1.81. The first kappa shape index (κ1) is 16.6. The van der Waals surface area contributed by atoms with Gasteiger partial charge in [0.2, 0.25) is 0 Å². The van der Waals surface area contributed by atoms with Crippen molar-refractivity contribution in [2.75, 3.05) is 6.61 Å². The molecule has 0 aliphatic heterocycles. The number of carbonyl (C=O) groups is 1. The van der Waals surface area contributed by atoms with Gasteiger partial charge in [-0.15, -0.1) is 11.3 Å². The average molecular weight is 341 g/mol. The molecule has 0 radical (unpaired) electrons. The van der Waals surface area contributed by atoms with Crippen molar-refractivity contribution < 1.29 is 15.0 Å². The first-order valence-corrected chi connectivity index (χ1v) is 7.93. The minimum Gasteiger partial charge on any atom is -0.508 e. The molecule has 0 aliphatic carbocycles. The second-order valence-corrected chi connectivity index (χ2v) is 6.58. The Labute approximate surface area is 137 Å². The summed E-state index contributed by atoms with van der Waals surface area (Å²) in [6, 6.07) is 9.56. The number of halogens is 1. The van der Waals surface area contributed by atoms with Gasteiger partial charge in [0.05, 0.1) is 23.5 Å². The molecule has 22 heavy (non-hydrogen) atoms. The first-order chi connectivity index (χ1) is 10.6. The summed E-state index contributed by atoms with van der Waals surface area (Å²) in [5.74, 6) is 0.185. The van der Waals surface area contributed by atoms with Gasteiger partial charge in [-0.25, -0.2) is 4.79 Å². The van der Waals surface area contributed by atoms with Gasteiger partial charge in [0, 0.05) is 4.88 Å². The minimum absolute atomic E-state index is 0.168. The Morgan fingerprint density at radius 3 is 2.55 bits per heavy atom. The predicted molar refractivity (Wildman–Crippen MR) is 87.4 cm³/mol. The number of urea groups is 1. The molecule has 0 saturated heterocycles. The van der Waals surface area contributed by atoms with E-state index in [9.17, 15) is 15.0 Å². The third-order valence-electron chi connectivity index (χ3n) is 3.03. The number of thiophene rings is 1. The lowest BCUT2D eigenvalue weighted by atomic mass is 10.1. The van der Waals surface area contributed by atoms with E-state index >= 15 is 0 Å². The van der Waals surface area contributed by atoms with Crippen LogP contribution in [0.15, 0.2) is 36.4 Å². The van der Waals surface area contributed by atoms with E-state index in [0.29, 0.717) is 17.3 Å². The van der Waals surface area contributed by atoms with E-state index in [0.717, 1.165) is 10.4 Å². The highest BCUT2D eigenvalue weighted by Gasteiger charge is 2.12. The predicted octanol–water partition coefficient (Wildman–Crippen LogP) is 2.51. The third-order valence-corrected chi connectivity index (χ3v) is 4.26. The second-order valence-electron chi connectivity index (χ2n) is 4.78. The van der Waals surface area contributed by atoms with E-state index in [4.69, 9.17) is 11.6 Å². The van der Waals surface area contributed by atoms with Gasteiger partial charge in [0.15, 0.2) is 0 Å². The largest absolute Gasteiger partial charge is 0.508 e. The van der Waals surface area contributed by atoms with E-state index in [-0.39, 0.29) is 18.4 Å². The zero-order valence-corrected chi connectivity index (χ0v) is 13.3. The van der Waals surface area contributed by atoms with Crippen LogP contribution in [-0.2, 0) is 13.0 Å². The molecule has 118 valence electrons. The Morgan fingerprint density at radius 2 is 1.95 bits per heavy atom. The number of amides is 2. The molecule has 0 saturated carbocycles. The van der Waals surface area contributed by atoms with Gasteiger partial charge in [0.25, 0.3) is 0 Å². The standard InChI is InChI=1S/C15H17ClN2O3S/c16-14-6-5-13(22-14)8-17-15(21)18-11(9-19)7-10-1-3-12(20)4-2-10/h1-6,11,19-20H,7-9H2,(H2,17,18,21)/t11-/m0/s1. The van der Waals surface area contributed by atoms with E-state index in [2.05, 4.69) is 10.6 Å².